The summed E-state index contributed by atoms with van der Waals surface area (Å²) < 4.78 is 6.69. The molecule has 1 aliphatic heterocycles. The van der Waals surface area contributed by atoms with Crippen LogP contribution in [0.1, 0.15) is 51.5 Å². The molecular formula is C19H24NO2. The van der Waals surface area contributed by atoms with Gasteiger partial charge in [0.05, 0.1) is 11.3 Å². The molecule has 0 amide bonds. The molecule has 1 radical (unpaired) electrons. The van der Waals surface area contributed by atoms with E-state index in [0.29, 0.717) is 11.8 Å². The standard InChI is InChI=1S/C19H24NO2/c1-18(2)16-5-3-4-6-17(16)20(21)19(22-18)14-8-12-7-13(10-14)11-15(19)9-12/h3-6,12-15H,7-11H2,1-2H3. The van der Waals surface area contributed by atoms with Gasteiger partial charge in [0.15, 0.2) is 5.72 Å². The zero-order valence-corrected chi connectivity index (χ0v) is 13.4. The molecule has 0 saturated heterocycles. The Labute approximate surface area is 132 Å². The van der Waals surface area contributed by atoms with E-state index < -0.39 is 5.72 Å². The number of ether oxygens (including phenoxy) is 1. The lowest BCUT2D eigenvalue weighted by Gasteiger charge is -2.65. The fraction of sp³-hybridized carbons (Fsp3) is 0.684. The summed E-state index contributed by atoms with van der Waals surface area (Å²) in [5.41, 5.74) is 0.883. The second-order valence-electron chi connectivity index (χ2n) is 8.48. The zero-order chi connectivity index (χ0) is 15.1. The van der Waals surface area contributed by atoms with E-state index in [1.165, 1.54) is 37.2 Å². The van der Waals surface area contributed by atoms with Crippen LogP contribution in [0.5, 0.6) is 0 Å². The van der Waals surface area contributed by atoms with Crippen LogP contribution in [0.2, 0.25) is 0 Å². The highest BCUT2D eigenvalue weighted by atomic mass is 16.6. The Bertz CT molecular complexity index is 596. The van der Waals surface area contributed by atoms with Gasteiger partial charge >= 0.3 is 0 Å². The molecule has 0 unspecified atom stereocenters. The summed E-state index contributed by atoms with van der Waals surface area (Å²) in [5.74, 6) is 2.50. The molecule has 1 heterocycles. The van der Waals surface area contributed by atoms with Crippen LogP contribution in [0.3, 0.4) is 0 Å². The molecular weight excluding hydrogens is 274 g/mol. The van der Waals surface area contributed by atoms with Gasteiger partial charge < -0.3 is 4.74 Å². The predicted octanol–water partition coefficient (Wildman–Crippen LogP) is 4.26. The number of rotatable bonds is 0. The van der Waals surface area contributed by atoms with Crippen molar-refractivity contribution < 1.29 is 9.94 Å². The van der Waals surface area contributed by atoms with Gasteiger partial charge in [0.25, 0.3) is 0 Å². The molecule has 0 atom stereocenters. The fourth-order valence-corrected chi connectivity index (χ4v) is 6.21. The normalized spacial score (nSPS) is 44.4. The van der Waals surface area contributed by atoms with Crippen LogP contribution in [-0.2, 0) is 15.5 Å². The molecule has 4 saturated carbocycles. The molecule has 22 heavy (non-hydrogen) atoms. The minimum Gasteiger partial charge on any atom is -0.342 e. The van der Waals surface area contributed by atoms with Crippen molar-refractivity contribution in [1.82, 2.24) is 0 Å². The molecule has 6 rings (SSSR count). The van der Waals surface area contributed by atoms with Crippen molar-refractivity contribution in [3.05, 3.63) is 29.8 Å². The van der Waals surface area contributed by atoms with Gasteiger partial charge in [0, 0.05) is 17.4 Å². The maximum atomic E-state index is 13.4. The predicted molar refractivity (Wildman–Crippen MR) is 83.5 cm³/mol. The van der Waals surface area contributed by atoms with Gasteiger partial charge in [-0.05, 0) is 63.9 Å². The SMILES string of the molecule is CC1(C)OC2(C3CC4CC(C3)CC2C4)N([O])c2ccccc21. The molecule has 4 fully saturated rings. The van der Waals surface area contributed by atoms with E-state index in [1.807, 2.05) is 24.3 Å². The van der Waals surface area contributed by atoms with Crippen molar-refractivity contribution in [3.63, 3.8) is 0 Å². The minimum atomic E-state index is -0.606. The maximum Gasteiger partial charge on any atom is 0.174 e. The molecule has 1 spiro atoms. The van der Waals surface area contributed by atoms with Crippen molar-refractivity contribution in [2.75, 3.05) is 5.06 Å². The monoisotopic (exact) mass is 298 g/mol. The molecule has 3 heteroatoms. The van der Waals surface area contributed by atoms with E-state index in [2.05, 4.69) is 13.8 Å². The molecule has 117 valence electrons. The first-order valence-electron chi connectivity index (χ1n) is 8.78. The third-order valence-electron chi connectivity index (χ3n) is 6.82. The molecule has 0 N–H and O–H groups in total. The van der Waals surface area contributed by atoms with E-state index in [9.17, 15) is 5.21 Å². The number of benzene rings is 1. The second kappa shape index (κ2) is 4.07. The van der Waals surface area contributed by atoms with Gasteiger partial charge in [-0.15, -0.1) is 0 Å². The maximum absolute atomic E-state index is 13.4. The minimum absolute atomic E-state index is 0.382. The summed E-state index contributed by atoms with van der Waals surface area (Å²) in [7, 11) is 0. The molecule has 1 aromatic rings. The quantitative estimate of drug-likeness (QED) is 0.717. The van der Waals surface area contributed by atoms with Crippen molar-refractivity contribution >= 4 is 5.69 Å². The first kappa shape index (κ1) is 13.4. The van der Waals surface area contributed by atoms with Crippen molar-refractivity contribution in [2.24, 2.45) is 23.7 Å². The van der Waals surface area contributed by atoms with E-state index in [0.717, 1.165) is 23.1 Å². The van der Waals surface area contributed by atoms with Crippen LogP contribution >= 0.6 is 0 Å². The highest BCUT2D eigenvalue weighted by molar-refractivity contribution is 5.57. The Morgan fingerprint density at radius 2 is 1.59 bits per heavy atom. The van der Waals surface area contributed by atoms with Gasteiger partial charge in [-0.3, -0.25) is 0 Å². The Morgan fingerprint density at radius 1 is 1.00 bits per heavy atom. The van der Waals surface area contributed by atoms with Gasteiger partial charge in [-0.25, -0.2) is 0 Å². The number of hydroxylamine groups is 1. The van der Waals surface area contributed by atoms with Crippen molar-refractivity contribution in [3.8, 4) is 0 Å². The lowest BCUT2D eigenvalue weighted by atomic mass is 9.51. The number of hydrogen-bond acceptors (Lipinski definition) is 2. The van der Waals surface area contributed by atoms with Crippen LogP contribution in [0.4, 0.5) is 5.69 Å². The first-order chi connectivity index (χ1) is 10.5. The van der Waals surface area contributed by atoms with Gasteiger partial charge in [-0.2, -0.15) is 5.06 Å². The summed E-state index contributed by atoms with van der Waals surface area (Å²) in [6.45, 7) is 4.26. The van der Waals surface area contributed by atoms with Crippen LogP contribution in [0, 0.1) is 23.7 Å². The summed E-state index contributed by atoms with van der Waals surface area (Å²) in [5, 5.41) is 14.7. The van der Waals surface area contributed by atoms with Crippen LogP contribution in [-0.4, -0.2) is 5.72 Å². The summed E-state index contributed by atoms with van der Waals surface area (Å²) >= 11 is 0. The highest BCUT2D eigenvalue weighted by Gasteiger charge is 2.65. The van der Waals surface area contributed by atoms with Gasteiger partial charge in [-0.1, -0.05) is 23.4 Å². The first-order valence-corrected chi connectivity index (χ1v) is 8.78. The molecule has 3 nitrogen and oxygen atoms in total. The average molecular weight is 298 g/mol. The summed E-state index contributed by atoms with van der Waals surface area (Å²) in [6.07, 6.45) is 6.13. The molecule has 4 aliphatic carbocycles. The van der Waals surface area contributed by atoms with E-state index in [-0.39, 0.29) is 5.60 Å². The topological polar surface area (TPSA) is 32.4 Å². The molecule has 4 bridgehead atoms. The number of fused-ring (bicyclic) bond motifs is 1. The Morgan fingerprint density at radius 3 is 2.23 bits per heavy atom. The molecule has 1 aromatic carbocycles. The lowest BCUT2D eigenvalue weighted by molar-refractivity contribution is -0.289. The number of anilines is 1. The molecule has 5 aliphatic rings. The number of nitrogens with zero attached hydrogens (tertiary/aromatic N) is 1. The van der Waals surface area contributed by atoms with E-state index in [4.69, 9.17) is 4.74 Å². The smallest absolute Gasteiger partial charge is 0.174 e. The van der Waals surface area contributed by atoms with Crippen LogP contribution in [0.15, 0.2) is 24.3 Å². The third kappa shape index (κ3) is 1.49. The third-order valence-corrected chi connectivity index (χ3v) is 6.82. The fourth-order valence-electron chi connectivity index (χ4n) is 6.21. The summed E-state index contributed by atoms with van der Waals surface area (Å²) in [4.78, 5) is 0. The zero-order valence-electron chi connectivity index (χ0n) is 13.4. The van der Waals surface area contributed by atoms with E-state index in [1.54, 1.807) is 0 Å². The Hall–Kier alpha value is -1.06. The number of para-hydroxylation sites is 1. The average Bonchev–Trinajstić information content (AvgIpc) is 2.49. The molecule has 0 aromatic heterocycles. The Kier molecular flexibility index (Phi) is 2.47. The largest absolute Gasteiger partial charge is 0.342 e. The van der Waals surface area contributed by atoms with E-state index >= 15 is 0 Å². The highest BCUT2D eigenvalue weighted by Crippen LogP contribution is 2.64. The summed E-state index contributed by atoms with van der Waals surface area (Å²) in [6, 6.07) is 8.02. The second-order valence-corrected chi connectivity index (χ2v) is 8.48. The Balaban J connectivity index is 1.67. The van der Waals surface area contributed by atoms with Crippen molar-refractivity contribution in [2.45, 2.75) is 57.3 Å². The van der Waals surface area contributed by atoms with Gasteiger partial charge in [0.1, 0.15) is 0 Å². The lowest BCUT2D eigenvalue weighted by Crippen LogP contribution is -2.70. The number of hydrogen-bond donors (Lipinski definition) is 0. The van der Waals surface area contributed by atoms with Crippen molar-refractivity contribution in [1.29, 1.82) is 0 Å². The van der Waals surface area contributed by atoms with Crippen LogP contribution in [0.25, 0.3) is 0 Å². The van der Waals surface area contributed by atoms with Gasteiger partial charge in [0.2, 0.25) is 0 Å². The van der Waals surface area contributed by atoms with Crippen LogP contribution < -0.4 is 5.06 Å².